The summed E-state index contributed by atoms with van der Waals surface area (Å²) in [5.74, 6) is 0.605. The molecule has 0 bridgehead atoms. The Bertz CT molecular complexity index is 379. The highest BCUT2D eigenvalue weighted by atomic mass is 15.1. The van der Waals surface area contributed by atoms with E-state index in [1.807, 2.05) is 12.5 Å². The molecule has 19 heavy (non-hydrogen) atoms. The average Bonchev–Trinajstić information content (AvgIpc) is 2.61. The SMILES string of the molecule is CC(C)CC(N)c1cncn1CC(C)(C)CN(C)C. The zero-order valence-electron chi connectivity index (χ0n) is 13.3. The molecular weight excluding hydrogens is 236 g/mol. The van der Waals surface area contributed by atoms with Crippen LogP contribution in [0.2, 0.25) is 0 Å². The summed E-state index contributed by atoms with van der Waals surface area (Å²) in [6.07, 6.45) is 4.82. The van der Waals surface area contributed by atoms with Crippen LogP contribution in [0.25, 0.3) is 0 Å². The van der Waals surface area contributed by atoms with Gasteiger partial charge in [0.05, 0.1) is 12.0 Å². The summed E-state index contributed by atoms with van der Waals surface area (Å²) >= 11 is 0. The molecule has 1 atom stereocenters. The lowest BCUT2D eigenvalue weighted by Crippen LogP contribution is -2.33. The number of rotatable bonds is 7. The van der Waals surface area contributed by atoms with E-state index >= 15 is 0 Å². The van der Waals surface area contributed by atoms with E-state index in [-0.39, 0.29) is 11.5 Å². The number of nitrogens with two attached hydrogens (primary N) is 1. The molecule has 110 valence electrons. The lowest BCUT2D eigenvalue weighted by Gasteiger charge is -2.30. The summed E-state index contributed by atoms with van der Waals surface area (Å²) in [6.45, 7) is 11.0. The third-order valence-electron chi connectivity index (χ3n) is 3.19. The van der Waals surface area contributed by atoms with Gasteiger partial charge in [-0.3, -0.25) is 0 Å². The summed E-state index contributed by atoms with van der Waals surface area (Å²) in [4.78, 5) is 6.51. The Hall–Kier alpha value is -0.870. The van der Waals surface area contributed by atoms with Crippen LogP contribution in [-0.2, 0) is 6.54 Å². The first-order valence-electron chi connectivity index (χ1n) is 7.11. The molecule has 1 unspecified atom stereocenters. The van der Waals surface area contributed by atoms with E-state index in [2.05, 4.69) is 56.2 Å². The number of hydrogen-bond donors (Lipinski definition) is 1. The van der Waals surface area contributed by atoms with Gasteiger partial charge < -0.3 is 15.2 Å². The van der Waals surface area contributed by atoms with Gasteiger partial charge in [-0.05, 0) is 31.8 Å². The Kier molecular flexibility index (Phi) is 5.56. The van der Waals surface area contributed by atoms with E-state index in [1.165, 1.54) is 0 Å². The summed E-state index contributed by atoms with van der Waals surface area (Å²) in [7, 11) is 4.22. The Labute approximate surface area is 118 Å². The first-order valence-corrected chi connectivity index (χ1v) is 7.11. The van der Waals surface area contributed by atoms with Gasteiger partial charge in [-0.1, -0.05) is 27.7 Å². The molecule has 0 aliphatic heterocycles. The summed E-state index contributed by atoms with van der Waals surface area (Å²) in [6, 6.07) is 0.0812. The molecule has 0 spiro atoms. The van der Waals surface area contributed by atoms with Gasteiger partial charge in [-0.2, -0.15) is 0 Å². The minimum Gasteiger partial charge on any atom is -0.333 e. The standard InChI is InChI=1S/C15H30N4/c1-12(2)7-13(16)14-8-17-11-19(14)10-15(3,4)9-18(5)6/h8,11-13H,7,9-10,16H2,1-6H3. The van der Waals surface area contributed by atoms with E-state index in [4.69, 9.17) is 5.73 Å². The van der Waals surface area contributed by atoms with Crippen molar-refractivity contribution >= 4 is 0 Å². The maximum Gasteiger partial charge on any atom is 0.0948 e. The molecule has 4 heteroatoms. The molecule has 0 fully saturated rings. The molecule has 0 radical (unpaired) electrons. The van der Waals surface area contributed by atoms with E-state index in [9.17, 15) is 0 Å². The fourth-order valence-corrected chi connectivity index (χ4v) is 2.77. The summed E-state index contributed by atoms with van der Waals surface area (Å²) in [5.41, 5.74) is 7.65. The topological polar surface area (TPSA) is 47.1 Å². The predicted molar refractivity (Wildman–Crippen MR) is 80.9 cm³/mol. The van der Waals surface area contributed by atoms with Crippen molar-refractivity contribution in [2.75, 3.05) is 20.6 Å². The zero-order chi connectivity index (χ0) is 14.6. The summed E-state index contributed by atoms with van der Waals surface area (Å²) < 4.78 is 2.22. The largest absolute Gasteiger partial charge is 0.333 e. The minimum atomic E-state index is 0.0812. The normalized spacial score (nSPS) is 14.4. The molecule has 1 aromatic heterocycles. The lowest BCUT2D eigenvalue weighted by molar-refractivity contribution is 0.208. The van der Waals surface area contributed by atoms with Crippen LogP contribution >= 0.6 is 0 Å². The van der Waals surface area contributed by atoms with Crippen LogP contribution in [0.15, 0.2) is 12.5 Å². The van der Waals surface area contributed by atoms with Crippen LogP contribution in [0, 0.1) is 11.3 Å². The van der Waals surface area contributed by atoms with Crippen molar-refractivity contribution in [1.29, 1.82) is 0 Å². The van der Waals surface area contributed by atoms with E-state index in [0.717, 1.165) is 25.2 Å². The van der Waals surface area contributed by atoms with E-state index < -0.39 is 0 Å². The third kappa shape index (κ3) is 5.33. The molecule has 0 aliphatic rings. The second-order valence-electron chi connectivity index (χ2n) is 7.08. The predicted octanol–water partition coefficient (Wildman–Crippen LogP) is 2.52. The van der Waals surface area contributed by atoms with Crippen molar-refractivity contribution in [3.8, 4) is 0 Å². The first-order chi connectivity index (χ1) is 8.71. The molecule has 0 aliphatic carbocycles. The van der Waals surface area contributed by atoms with Crippen LogP contribution in [-0.4, -0.2) is 35.1 Å². The smallest absolute Gasteiger partial charge is 0.0948 e. The Morgan fingerprint density at radius 3 is 2.53 bits per heavy atom. The van der Waals surface area contributed by atoms with E-state index in [0.29, 0.717) is 5.92 Å². The molecule has 0 aromatic carbocycles. The number of imidazole rings is 1. The summed E-state index contributed by atoms with van der Waals surface area (Å²) in [5, 5.41) is 0. The lowest BCUT2D eigenvalue weighted by atomic mass is 9.92. The second-order valence-corrected chi connectivity index (χ2v) is 7.08. The van der Waals surface area contributed by atoms with Crippen LogP contribution < -0.4 is 5.73 Å². The molecular formula is C15H30N4. The van der Waals surface area contributed by atoms with Gasteiger partial charge in [0.1, 0.15) is 0 Å². The van der Waals surface area contributed by atoms with Crippen LogP contribution in [0.3, 0.4) is 0 Å². The maximum absolute atomic E-state index is 6.29. The van der Waals surface area contributed by atoms with Crippen molar-refractivity contribution < 1.29 is 0 Å². The molecule has 2 N–H and O–H groups in total. The highest BCUT2D eigenvalue weighted by Crippen LogP contribution is 2.24. The van der Waals surface area contributed by atoms with Crippen molar-refractivity contribution in [1.82, 2.24) is 14.5 Å². The Balaban J connectivity index is 2.77. The fraction of sp³-hybridized carbons (Fsp3) is 0.800. The quantitative estimate of drug-likeness (QED) is 0.825. The van der Waals surface area contributed by atoms with Gasteiger partial charge in [0, 0.05) is 25.3 Å². The second kappa shape index (κ2) is 6.53. The monoisotopic (exact) mass is 266 g/mol. The number of hydrogen-bond acceptors (Lipinski definition) is 3. The van der Waals surface area contributed by atoms with Gasteiger partial charge in [-0.25, -0.2) is 4.98 Å². The van der Waals surface area contributed by atoms with E-state index in [1.54, 1.807) is 0 Å². The molecule has 4 nitrogen and oxygen atoms in total. The molecule has 0 amide bonds. The minimum absolute atomic E-state index is 0.0812. The molecule has 1 aromatic rings. The molecule has 0 saturated heterocycles. The molecule has 1 rings (SSSR count). The average molecular weight is 266 g/mol. The van der Waals surface area contributed by atoms with Gasteiger partial charge >= 0.3 is 0 Å². The van der Waals surface area contributed by atoms with Gasteiger partial charge in [0.15, 0.2) is 0 Å². The maximum atomic E-state index is 6.29. The van der Waals surface area contributed by atoms with Gasteiger partial charge in [-0.15, -0.1) is 0 Å². The van der Waals surface area contributed by atoms with Crippen LogP contribution in [0.5, 0.6) is 0 Å². The third-order valence-corrected chi connectivity index (χ3v) is 3.19. The molecule has 1 heterocycles. The van der Waals surface area contributed by atoms with Gasteiger partial charge in [0.2, 0.25) is 0 Å². The van der Waals surface area contributed by atoms with Crippen molar-refractivity contribution in [3.63, 3.8) is 0 Å². The molecule has 0 saturated carbocycles. The number of aromatic nitrogens is 2. The van der Waals surface area contributed by atoms with Crippen LogP contribution in [0.4, 0.5) is 0 Å². The zero-order valence-corrected chi connectivity index (χ0v) is 13.3. The Morgan fingerprint density at radius 2 is 2.00 bits per heavy atom. The first kappa shape index (κ1) is 16.2. The van der Waals surface area contributed by atoms with Gasteiger partial charge in [0.25, 0.3) is 0 Å². The van der Waals surface area contributed by atoms with Crippen LogP contribution in [0.1, 0.15) is 45.9 Å². The van der Waals surface area contributed by atoms with Crippen molar-refractivity contribution in [3.05, 3.63) is 18.2 Å². The fourth-order valence-electron chi connectivity index (χ4n) is 2.77. The van der Waals surface area contributed by atoms with Crippen molar-refractivity contribution in [2.45, 2.75) is 46.7 Å². The number of nitrogens with zero attached hydrogens (tertiary/aromatic N) is 3. The Morgan fingerprint density at radius 1 is 1.37 bits per heavy atom. The highest BCUT2D eigenvalue weighted by molar-refractivity contribution is 5.05. The highest BCUT2D eigenvalue weighted by Gasteiger charge is 2.22. The van der Waals surface area contributed by atoms with Crippen molar-refractivity contribution in [2.24, 2.45) is 17.1 Å².